The molecule has 0 saturated heterocycles. The summed E-state index contributed by atoms with van der Waals surface area (Å²) >= 11 is 0. The lowest BCUT2D eigenvalue weighted by Crippen LogP contribution is -2.60. The Bertz CT molecular complexity index is 686. The summed E-state index contributed by atoms with van der Waals surface area (Å²) in [4.78, 5) is 25.1. The van der Waals surface area contributed by atoms with Gasteiger partial charge in [-0.05, 0) is 97.7 Å². The van der Waals surface area contributed by atoms with Crippen LogP contribution in [-0.4, -0.2) is 16.9 Å². The smallest absolute Gasteiger partial charge is 0.303 e. The van der Waals surface area contributed by atoms with Crippen LogP contribution in [0.3, 0.4) is 0 Å². The molecule has 0 bridgehead atoms. The Labute approximate surface area is 183 Å². The van der Waals surface area contributed by atoms with E-state index in [2.05, 4.69) is 34.6 Å². The molecule has 3 nitrogen and oxygen atoms in total. The van der Waals surface area contributed by atoms with E-state index in [1.54, 1.807) is 0 Å². The van der Waals surface area contributed by atoms with Gasteiger partial charge in [-0.25, -0.2) is 0 Å². The summed E-state index contributed by atoms with van der Waals surface area (Å²) in [7, 11) is 0. The Hall–Kier alpha value is -0.860. The zero-order chi connectivity index (χ0) is 21.8. The molecule has 10 atom stereocenters. The quantitative estimate of drug-likeness (QED) is 0.549. The predicted molar refractivity (Wildman–Crippen MR) is 120 cm³/mol. The van der Waals surface area contributed by atoms with Crippen molar-refractivity contribution < 1.29 is 14.7 Å². The highest BCUT2D eigenvalue weighted by atomic mass is 16.4. The molecule has 0 aliphatic heterocycles. The first-order chi connectivity index (χ1) is 14.1. The summed E-state index contributed by atoms with van der Waals surface area (Å²) in [6, 6.07) is 0. The van der Waals surface area contributed by atoms with Gasteiger partial charge in [-0.1, -0.05) is 41.0 Å². The van der Waals surface area contributed by atoms with Gasteiger partial charge in [-0.15, -0.1) is 0 Å². The lowest BCUT2D eigenvalue weighted by Gasteiger charge is -2.62. The van der Waals surface area contributed by atoms with Crippen molar-refractivity contribution in [1.82, 2.24) is 0 Å². The van der Waals surface area contributed by atoms with E-state index in [4.69, 9.17) is 5.11 Å². The van der Waals surface area contributed by atoms with E-state index in [0.717, 1.165) is 18.8 Å². The number of Topliss-reactive ketones (excluding diaryl/α,β-unsaturated/α-hetero) is 1. The molecule has 4 saturated carbocycles. The first-order valence-corrected chi connectivity index (χ1v) is 12.9. The normalized spacial score (nSPS) is 49.1. The topological polar surface area (TPSA) is 54.4 Å². The molecule has 0 aromatic carbocycles. The van der Waals surface area contributed by atoms with Crippen molar-refractivity contribution in [3.05, 3.63) is 0 Å². The summed E-state index contributed by atoms with van der Waals surface area (Å²) in [6.07, 6.45) is 10.8. The van der Waals surface area contributed by atoms with Gasteiger partial charge >= 0.3 is 5.97 Å². The van der Waals surface area contributed by atoms with Crippen LogP contribution in [0.15, 0.2) is 0 Å². The Balaban J connectivity index is 1.62. The molecule has 4 aliphatic rings. The van der Waals surface area contributed by atoms with Crippen LogP contribution >= 0.6 is 0 Å². The molecular formula is C27H44O3. The second-order valence-electron chi connectivity index (χ2n) is 12.3. The van der Waals surface area contributed by atoms with Crippen molar-refractivity contribution in [2.75, 3.05) is 0 Å². The molecule has 0 aromatic heterocycles. The largest absolute Gasteiger partial charge is 0.481 e. The Kier molecular flexibility index (Phi) is 5.90. The van der Waals surface area contributed by atoms with Crippen molar-refractivity contribution in [2.45, 2.75) is 98.8 Å². The number of hydrogen-bond acceptors (Lipinski definition) is 2. The van der Waals surface area contributed by atoms with Gasteiger partial charge in [-0.3, -0.25) is 9.59 Å². The number of carboxylic acid groups (broad SMARTS) is 1. The summed E-state index contributed by atoms with van der Waals surface area (Å²) in [6.45, 7) is 11.9. The van der Waals surface area contributed by atoms with E-state index in [1.165, 1.54) is 44.9 Å². The lowest BCUT2D eigenvalue weighted by atomic mass is 9.41. The number of fused-ring (bicyclic) bond motifs is 5. The standard InChI is InChI=1S/C27H44O3/c1-6-18-22-15-16(2)11-13-27(22,5)21-12-14-26(4)19(17(3)7-10-23(28)29)8-9-20(26)24(21)25(18)30/h16-22,24H,6-15H2,1-5H3,(H,28,29)/t16-,17-,18-,19?,20?,21?,22?,24?,26-,27-/m1/s1. The van der Waals surface area contributed by atoms with Crippen molar-refractivity contribution in [1.29, 1.82) is 0 Å². The molecule has 0 aromatic rings. The number of carbonyl (C=O) groups is 2. The fourth-order valence-corrected chi connectivity index (χ4v) is 9.38. The van der Waals surface area contributed by atoms with Crippen LogP contribution in [0.2, 0.25) is 0 Å². The third-order valence-electron chi connectivity index (χ3n) is 11.0. The zero-order valence-corrected chi connectivity index (χ0v) is 20.0. The van der Waals surface area contributed by atoms with Gasteiger partial charge < -0.3 is 5.11 Å². The van der Waals surface area contributed by atoms with Gasteiger partial charge in [0.2, 0.25) is 0 Å². The van der Waals surface area contributed by atoms with E-state index in [0.29, 0.717) is 40.8 Å². The highest BCUT2D eigenvalue weighted by Gasteiger charge is 2.64. The molecule has 170 valence electrons. The Morgan fingerprint density at radius 2 is 1.73 bits per heavy atom. The van der Waals surface area contributed by atoms with Crippen LogP contribution in [-0.2, 0) is 9.59 Å². The van der Waals surface area contributed by atoms with E-state index in [-0.39, 0.29) is 23.7 Å². The fraction of sp³-hybridized carbons (Fsp3) is 0.926. The predicted octanol–water partition coefficient (Wildman–Crippen LogP) is 6.60. The van der Waals surface area contributed by atoms with Gasteiger partial charge in [0.15, 0.2) is 0 Å². The number of aliphatic carboxylic acids is 1. The Morgan fingerprint density at radius 1 is 1.07 bits per heavy atom. The SMILES string of the molecule is CC[C@H]1C(=O)C2C3CCC([C@H](C)CCC(=O)O)[C@@]3(C)CCC2[C@@]2(C)CC[C@@H](C)CC12. The molecule has 0 heterocycles. The van der Waals surface area contributed by atoms with Crippen molar-refractivity contribution in [2.24, 2.45) is 58.2 Å². The average molecular weight is 417 g/mol. The number of rotatable bonds is 5. The summed E-state index contributed by atoms with van der Waals surface area (Å²) in [5, 5.41) is 9.16. The second kappa shape index (κ2) is 7.93. The van der Waals surface area contributed by atoms with Gasteiger partial charge in [0.05, 0.1) is 0 Å². The third kappa shape index (κ3) is 3.28. The maximum atomic E-state index is 14.0. The molecule has 30 heavy (non-hydrogen) atoms. The van der Waals surface area contributed by atoms with Crippen LogP contribution in [0.4, 0.5) is 0 Å². The van der Waals surface area contributed by atoms with Crippen LogP contribution in [0.25, 0.3) is 0 Å². The molecule has 4 rings (SSSR count). The lowest BCUT2D eigenvalue weighted by molar-refractivity contribution is -0.170. The summed E-state index contributed by atoms with van der Waals surface area (Å²) < 4.78 is 0. The summed E-state index contributed by atoms with van der Waals surface area (Å²) in [5.41, 5.74) is 0.568. The van der Waals surface area contributed by atoms with Crippen molar-refractivity contribution in [3.63, 3.8) is 0 Å². The number of ketones is 1. The molecule has 4 aliphatic carbocycles. The number of carbonyl (C=O) groups excluding carboxylic acids is 1. The molecule has 0 radical (unpaired) electrons. The van der Waals surface area contributed by atoms with Crippen molar-refractivity contribution in [3.8, 4) is 0 Å². The molecule has 5 unspecified atom stereocenters. The first kappa shape index (κ1) is 22.3. The molecule has 4 fully saturated rings. The average Bonchev–Trinajstić information content (AvgIpc) is 3.05. The van der Waals surface area contributed by atoms with Gasteiger partial charge in [0.25, 0.3) is 0 Å². The molecule has 0 amide bonds. The molecular weight excluding hydrogens is 372 g/mol. The highest BCUT2D eigenvalue weighted by Crippen LogP contribution is 2.69. The van der Waals surface area contributed by atoms with Gasteiger partial charge in [0.1, 0.15) is 5.78 Å². The minimum absolute atomic E-state index is 0.220. The summed E-state index contributed by atoms with van der Waals surface area (Å²) in [5.74, 6) is 3.95. The number of carboxylic acids is 1. The van der Waals surface area contributed by atoms with Crippen LogP contribution in [0.5, 0.6) is 0 Å². The molecule has 0 spiro atoms. The highest BCUT2D eigenvalue weighted by molar-refractivity contribution is 5.86. The van der Waals surface area contributed by atoms with Gasteiger partial charge in [-0.2, -0.15) is 0 Å². The van der Waals surface area contributed by atoms with Crippen LogP contribution in [0.1, 0.15) is 98.8 Å². The monoisotopic (exact) mass is 416 g/mol. The van der Waals surface area contributed by atoms with Crippen LogP contribution < -0.4 is 0 Å². The first-order valence-electron chi connectivity index (χ1n) is 12.9. The molecule has 1 N–H and O–H groups in total. The van der Waals surface area contributed by atoms with E-state index in [9.17, 15) is 9.59 Å². The minimum atomic E-state index is -0.677. The molecule has 3 heteroatoms. The second-order valence-corrected chi connectivity index (χ2v) is 12.3. The van der Waals surface area contributed by atoms with Crippen molar-refractivity contribution >= 4 is 11.8 Å². The maximum absolute atomic E-state index is 14.0. The van der Waals surface area contributed by atoms with Crippen LogP contribution in [0, 0.1) is 58.2 Å². The Morgan fingerprint density at radius 3 is 2.40 bits per heavy atom. The van der Waals surface area contributed by atoms with E-state index >= 15 is 0 Å². The van der Waals surface area contributed by atoms with E-state index in [1.807, 2.05) is 0 Å². The van der Waals surface area contributed by atoms with E-state index < -0.39 is 5.97 Å². The fourth-order valence-electron chi connectivity index (χ4n) is 9.38. The zero-order valence-electron chi connectivity index (χ0n) is 20.0. The maximum Gasteiger partial charge on any atom is 0.303 e. The minimum Gasteiger partial charge on any atom is -0.481 e. The number of hydrogen-bond donors (Lipinski definition) is 1. The van der Waals surface area contributed by atoms with Gasteiger partial charge in [0, 0.05) is 18.3 Å². The third-order valence-corrected chi connectivity index (χ3v) is 11.0.